The van der Waals surface area contributed by atoms with Crippen LogP contribution in [0.25, 0.3) is 10.9 Å². The van der Waals surface area contributed by atoms with Gasteiger partial charge in [-0.3, -0.25) is 0 Å². The van der Waals surface area contributed by atoms with Crippen LogP contribution in [0.1, 0.15) is 37.0 Å². The Hall–Kier alpha value is -2.88. The maximum atomic E-state index is 12.4. The third-order valence-electron chi connectivity index (χ3n) is 6.14. The van der Waals surface area contributed by atoms with Crippen LogP contribution < -0.4 is 5.32 Å². The highest BCUT2D eigenvalue weighted by Crippen LogP contribution is 2.35. The van der Waals surface area contributed by atoms with E-state index in [0.29, 0.717) is 12.3 Å². The highest BCUT2D eigenvalue weighted by molar-refractivity contribution is 5.83. The first kappa shape index (κ1) is 21.4. The molecule has 0 fully saturated rings. The second-order valence-corrected chi connectivity index (χ2v) is 8.75. The minimum atomic E-state index is -1.15. The van der Waals surface area contributed by atoms with E-state index in [1.807, 2.05) is 66.7 Å². The van der Waals surface area contributed by atoms with Gasteiger partial charge in [-0.2, -0.15) is 0 Å². The zero-order valence-electron chi connectivity index (χ0n) is 18.4. The van der Waals surface area contributed by atoms with E-state index >= 15 is 0 Å². The van der Waals surface area contributed by atoms with Crippen molar-refractivity contribution in [3.05, 3.63) is 108 Å². The molecule has 0 radical (unpaired) electrons. The van der Waals surface area contributed by atoms with E-state index in [9.17, 15) is 5.11 Å². The van der Waals surface area contributed by atoms with E-state index in [4.69, 9.17) is 0 Å². The summed E-state index contributed by atoms with van der Waals surface area (Å²) >= 11 is 0. The number of rotatable bonds is 9. The average Bonchev–Trinajstić information content (AvgIpc) is 3.22. The van der Waals surface area contributed by atoms with Gasteiger partial charge in [0, 0.05) is 23.1 Å². The molecule has 160 valence electrons. The van der Waals surface area contributed by atoms with Crippen molar-refractivity contribution in [3.63, 3.8) is 0 Å². The van der Waals surface area contributed by atoms with E-state index in [-0.39, 0.29) is 6.04 Å². The van der Waals surface area contributed by atoms with E-state index in [0.717, 1.165) is 29.6 Å². The van der Waals surface area contributed by atoms with E-state index in [2.05, 4.69) is 48.5 Å². The highest BCUT2D eigenvalue weighted by Gasteiger charge is 2.40. The van der Waals surface area contributed by atoms with Crippen LogP contribution in [0.3, 0.4) is 0 Å². The largest absolute Gasteiger partial charge is 0.379 e. The SMILES string of the molecule is CC(C)CCN[C@@H](Cc1c[nH]c2ccccc12)C(O)(c1ccccc1)c1ccccc1. The van der Waals surface area contributed by atoms with Crippen LogP contribution in [0, 0.1) is 5.92 Å². The van der Waals surface area contributed by atoms with Gasteiger partial charge in [0.1, 0.15) is 5.60 Å². The minimum Gasteiger partial charge on any atom is -0.379 e. The molecule has 1 atom stereocenters. The zero-order valence-corrected chi connectivity index (χ0v) is 18.4. The first-order valence-corrected chi connectivity index (χ1v) is 11.2. The smallest absolute Gasteiger partial charge is 0.130 e. The van der Waals surface area contributed by atoms with Gasteiger partial charge >= 0.3 is 0 Å². The monoisotopic (exact) mass is 412 g/mol. The molecule has 0 amide bonds. The lowest BCUT2D eigenvalue weighted by Crippen LogP contribution is -2.51. The summed E-state index contributed by atoms with van der Waals surface area (Å²) in [7, 11) is 0. The molecule has 0 bridgehead atoms. The summed E-state index contributed by atoms with van der Waals surface area (Å²) < 4.78 is 0. The standard InChI is InChI=1S/C28H32N2O/c1-21(2)17-18-29-27(19-22-20-30-26-16-10-9-15-25(22)26)28(31,23-11-5-3-6-12-23)24-13-7-4-8-14-24/h3-16,20-21,27,29-31H,17-19H2,1-2H3/t27-/m0/s1. The van der Waals surface area contributed by atoms with Crippen LogP contribution in [0.5, 0.6) is 0 Å². The molecule has 31 heavy (non-hydrogen) atoms. The summed E-state index contributed by atoms with van der Waals surface area (Å²) in [5.74, 6) is 0.600. The quantitative estimate of drug-likeness (QED) is 0.333. The molecule has 3 nitrogen and oxygen atoms in total. The van der Waals surface area contributed by atoms with E-state index < -0.39 is 5.60 Å². The molecule has 0 unspecified atom stereocenters. The van der Waals surface area contributed by atoms with Gasteiger partial charge in [0.2, 0.25) is 0 Å². The minimum absolute atomic E-state index is 0.185. The Kier molecular flexibility index (Phi) is 6.55. The van der Waals surface area contributed by atoms with Gasteiger partial charge in [-0.05, 0) is 48.1 Å². The number of aliphatic hydroxyl groups is 1. The molecule has 4 aromatic rings. The van der Waals surface area contributed by atoms with Crippen molar-refractivity contribution in [2.45, 2.75) is 38.3 Å². The number of nitrogens with one attached hydrogen (secondary N) is 2. The molecule has 4 rings (SSSR count). The number of para-hydroxylation sites is 1. The number of hydrogen-bond acceptors (Lipinski definition) is 2. The molecule has 0 aliphatic rings. The van der Waals surface area contributed by atoms with Gasteiger partial charge in [0.25, 0.3) is 0 Å². The van der Waals surface area contributed by atoms with Crippen LogP contribution in [0.2, 0.25) is 0 Å². The summed E-state index contributed by atoms with van der Waals surface area (Å²) in [4.78, 5) is 3.39. The maximum absolute atomic E-state index is 12.4. The molecule has 3 heteroatoms. The van der Waals surface area contributed by atoms with Gasteiger partial charge in [-0.25, -0.2) is 0 Å². The van der Waals surface area contributed by atoms with Gasteiger partial charge < -0.3 is 15.4 Å². The van der Waals surface area contributed by atoms with Crippen LogP contribution in [0.4, 0.5) is 0 Å². The summed E-state index contributed by atoms with van der Waals surface area (Å²) in [6.07, 6.45) is 3.85. The molecule has 0 aliphatic heterocycles. The molecule has 0 saturated carbocycles. The Morgan fingerprint density at radius 2 is 1.42 bits per heavy atom. The Bertz CT molecular complexity index is 1050. The second kappa shape index (κ2) is 9.51. The number of H-pyrrole nitrogens is 1. The summed E-state index contributed by atoms with van der Waals surface area (Å²) in [5, 5.41) is 17.3. The normalized spacial score (nSPS) is 13.0. The predicted octanol–water partition coefficient (Wildman–Crippen LogP) is 5.65. The van der Waals surface area contributed by atoms with Crippen molar-refractivity contribution in [1.82, 2.24) is 10.3 Å². The predicted molar refractivity (Wildman–Crippen MR) is 129 cm³/mol. The van der Waals surface area contributed by atoms with Gasteiger partial charge in [0.15, 0.2) is 0 Å². The van der Waals surface area contributed by atoms with E-state index in [1.54, 1.807) is 0 Å². The number of fused-ring (bicyclic) bond motifs is 1. The summed E-state index contributed by atoms with van der Waals surface area (Å²) in [6.45, 7) is 5.32. The lowest BCUT2D eigenvalue weighted by Gasteiger charge is -2.38. The van der Waals surface area contributed by atoms with Crippen LogP contribution in [0.15, 0.2) is 91.1 Å². The first-order valence-electron chi connectivity index (χ1n) is 11.2. The van der Waals surface area contributed by atoms with Crippen molar-refractivity contribution < 1.29 is 5.11 Å². The van der Waals surface area contributed by atoms with Gasteiger partial charge in [-0.15, -0.1) is 0 Å². The molecular weight excluding hydrogens is 380 g/mol. The summed E-state index contributed by atoms with van der Waals surface area (Å²) in [5.41, 5.74) is 2.99. The Labute approximate surface area is 185 Å². The van der Waals surface area contributed by atoms with E-state index in [1.165, 1.54) is 10.9 Å². The topological polar surface area (TPSA) is 48.0 Å². The Morgan fingerprint density at radius 3 is 2.03 bits per heavy atom. The average molecular weight is 413 g/mol. The zero-order chi connectivity index (χ0) is 21.7. The van der Waals surface area contributed by atoms with Crippen molar-refractivity contribution in [1.29, 1.82) is 0 Å². The Balaban J connectivity index is 1.78. The maximum Gasteiger partial charge on any atom is 0.130 e. The van der Waals surface area contributed by atoms with Crippen molar-refractivity contribution in [2.24, 2.45) is 5.92 Å². The lowest BCUT2D eigenvalue weighted by molar-refractivity contribution is 0.0367. The number of benzene rings is 3. The van der Waals surface area contributed by atoms with Crippen LogP contribution >= 0.6 is 0 Å². The molecular formula is C28H32N2O. The van der Waals surface area contributed by atoms with Gasteiger partial charge in [0.05, 0.1) is 0 Å². The fraction of sp³-hybridized carbons (Fsp3) is 0.286. The third-order valence-corrected chi connectivity index (χ3v) is 6.14. The Morgan fingerprint density at radius 1 is 0.839 bits per heavy atom. The number of aromatic nitrogens is 1. The first-order chi connectivity index (χ1) is 15.1. The molecule has 0 spiro atoms. The summed E-state index contributed by atoms with van der Waals surface area (Å²) in [6, 6.07) is 28.3. The third kappa shape index (κ3) is 4.58. The number of aromatic amines is 1. The molecule has 3 N–H and O–H groups in total. The lowest BCUT2D eigenvalue weighted by atomic mass is 9.77. The fourth-order valence-electron chi connectivity index (χ4n) is 4.39. The molecule has 0 aliphatic carbocycles. The van der Waals surface area contributed by atoms with Gasteiger partial charge in [-0.1, -0.05) is 92.7 Å². The van der Waals surface area contributed by atoms with Crippen molar-refractivity contribution in [2.75, 3.05) is 6.54 Å². The van der Waals surface area contributed by atoms with Crippen LogP contribution in [-0.4, -0.2) is 22.7 Å². The molecule has 1 heterocycles. The second-order valence-electron chi connectivity index (χ2n) is 8.75. The van der Waals surface area contributed by atoms with Crippen LogP contribution in [-0.2, 0) is 12.0 Å². The molecule has 1 aromatic heterocycles. The highest BCUT2D eigenvalue weighted by atomic mass is 16.3. The number of hydrogen-bond donors (Lipinski definition) is 3. The molecule has 0 saturated heterocycles. The van der Waals surface area contributed by atoms with Crippen molar-refractivity contribution in [3.8, 4) is 0 Å². The fourth-order valence-corrected chi connectivity index (χ4v) is 4.39. The van der Waals surface area contributed by atoms with Crippen molar-refractivity contribution >= 4 is 10.9 Å². The molecule has 3 aromatic carbocycles.